The van der Waals surface area contributed by atoms with Gasteiger partial charge in [0.1, 0.15) is 5.82 Å². The summed E-state index contributed by atoms with van der Waals surface area (Å²) < 4.78 is 87.6. The van der Waals surface area contributed by atoms with E-state index in [2.05, 4.69) is 18.5 Å². The van der Waals surface area contributed by atoms with Crippen LogP contribution in [-0.4, -0.2) is 47.6 Å². The van der Waals surface area contributed by atoms with E-state index in [1.807, 2.05) is 0 Å². The van der Waals surface area contributed by atoms with Gasteiger partial charge >= 0.3 is 0 Å². The molecule has 0 saturated heterocycles. The Bertz CT molecular complexity index is 1440. The van der Waals surface area contributed by atoms with Gasteiger partial charge in [0.15, 0.2) is 15.4 Å². The highest BCUT2D eigenvalue weighted by molar-refractivity contribution is 8.12. The molecule has 0 unspecified atom stereocenters. The summed E-state index contributed by atoms with van der Waals surface area (Å²) in [7, 11) is -13.2. The van der Waals surface area contributed by atoms with E-state index in [4.69, 9.17) is 0 Å². The summed E-state index contributed by atoms with van der Waals surface area (Å²) >= 11 is 0. The van der Waals surface area contributed by atoms with E-state index in [-0.39, 0.29) is 25.5 Å². The first-order valence-electron chi connectivity index (χ1n) is 9.65. The van der Waals surface area contributed by atoms with Gasteiger partial charge in [-0.1, -0.05) is 13.2 Å². The maximum atomic E-state index is 13.1. The maximum absolute atomic E-state index is 13.1. The van der Waals surface area contributed by atoms with E-state index in [0.29, 0.717) is 10.8 Å². The summed E-state index contributed by atoms with van der Waals surface area (Å²) in [5, 5.41) is 13.7. The molecule has 0 heterocycles. The number of nitrogens with one attached hydrogen (secondary N) is 1. The monoisotopic (exact) mass is 546 g/mol. The van der Waals surface area contributed by atoms with E-state index < -0.39 is 53.0 Å². The number of carbonyl (C=O) groups excluding carboxylic acids is 1. The van der Waals surface area contributed by atoms with Gasteiger partial charge in [0.05, 0.1) is 16.3 Å². The highest BCUT2D eigenvalue weighted by atomic mass is 32.3. The highest BCUT2D eigenvalue weighted by Crippen LogP contribution is 2.30. The van der Waals surface area contributed by atoms with Crippen LogP contribution in [0.1, 0.15) is 12.5 Å². The van der Waals surface area contributed by atoms with Crippen LogP contribution in [-0.2, 0) is 34.7 Å². The van der Waals surface area contributed by atoms with Gasteiger partial charge < -0.3 is 10.4 Å². The summed E-state index contributed by atoms with van der Waals surface area (Å²) in [6.45, 7) is 8.57. The number of carbonyl (C=O) groups is 1. The summed E-state index contributed by atoms with van der Waals surface area (Å²) in [5.41, 5.74) is -2.57. The van der Waals surface area contributed by atoms with Gasteiger partial charge in [-0.3, -0.25) is 4.79 Å². The van der Waals surface area contributed by atoms with Crippen molar-refractivity contribution in [1.29, 1.82) is 0 Å². The average Bonchev–Trinajstić information content (AvgIpc) is 2.74. The van der Waals surface area contributed by atoms with Gasteiger partial charge in [0, 0.05) is 16.5 Å². The SMILES string of the molecule is C=CS(=O)(=O)N(c1ccc(NC(=O)[C@@](C)(O)CS(=O)(=O)c2ccc(F)cc2)cc1C)S(=O)(=O)C=C. The normalized spacial score (nSPS) is 13.9. The van der Waals surface area contributed by atoms with Crippen LogP contribution in [0.5, 0.6) is 0 Å². The Hall–Kier alpha value is -3.07. The van der Waals surface area contributed by atoms with Crippen molar-refractivity contribution in [3.63, 3.8) is 0 Å². The van der Waals surface area contributed by atoms with E-state index in [9.17, 15) is 39.5 Å². The second-order valence-corrected chi connectivity index (χ2v) is 13.2. The number of benzene rings is 2. The van der Waals surface area contributed by atoms with Crippen LogP contribution in [0.15, 0.2) is 71.3 Å². The fourth-order valence-corrected chi connectivity index (χ4v) is 7.26. The second-order valence-electron chi connectivity index (χ2n) is 7.56. The number of rotatable bonds is 10. The second kappa shape index (κ2) is 9.89. The lowest BCUT2D eigenvalue weighted by Crippen LogP contribution is -2.45. The van der Waals surface area contributed by atoms with Crippen LogP contribution >= 0.6 is 0 Å². The molecular weight excluding hydrogens is 523 g/mol. The van der Waals surface area contributed by atoms with Crippen molar-refractivity contribution < 1.29 is 39.5 Å². The number of hydrogen-bond acceptors (Lipinski definition) is 8. The molecule has 1 atom stereocenters. The standard InChI is InChI=1S/C21H23FN2O8S3/c1-5-34(29,30)24(35(31,32)6-2)19-12-9-17(13-15(19)3)23-20(25)21(4,26)14-33(27,28)18-10-7-16(22)8-11-18/h5-13,26H,1-2,14H2,3-4H3,(H,23,25)/t21-/m0/s1. The number of aliphatic hydroxyl groups is 1. The van der Waals surface area contributed by atoms with Crippen LogP contribution in [0.2, 0.25) is 0 Å². The third-order valence-electron chi connectivity index (χ3n) is 4.67. The number of amides is 1. The van der Waals surface area contributed by atoms with E-state index in [1.54, 1.807) is 0 Å². The van der Waals surface area contributed by atoms with Crippen molar-refractivity contribution in [3.8, 4) is 0 Å². The molecule has 0 aliphatic carbocycles. The molecule has 2 aromatic carbocycles. The summed E-state index contributed by atoms with van der Waals surface area (Å²) in [5.74, 6) is -2.78. The number of aryl methyl sites for hydroxylation is 1. The molecule has 190 valence electrons. The number of hydrogen-bond donors (Lipinski definition) is 2. The van der Waals surface area contributed by atoms with E-state index in [1.165, 1.54) is 13.0 Å². The zero-order chi connectivity index (χ0) is 26.8. The van der Waals surface area contributed by atoms with Gasteiger partial charge in [-0.25, -0.2) is 29.6 Å². The molecular formula is C21H23FN2O8S3. The minimum atomic E-state index is -4.49. The van der Waals surface area contributed by atoms with E-state index >= 15 is 0 Å². The number of nitrogens with zero attached hydrogens (tertiary/aromatic N) is 1. The number of sulfone groups is 1. The van der Waals surface area contributed by atoms with Crippen molar-refractivity contribution in [2.24, 2.45) is 0 Å². The Labute approximate surface area is 203 Å². The van der Waals surface area contributed by atoms with Crippen LogP contribution in [0, 0.1) is 12.7 Å². The molecule has 0 radical (unpaired) electrons. The zero-order valence-corrected chi connectivity index (χ0v) is 21.1. The minimum absolute atomic E-state index is 0.0163. The number of halogens is 1. The Morgan fingerprint density at radius 3 is 2.00 bits per heavy atom. The van der Waals surface area contributed by atoms with Crippen molar-refractivity contribution >= 4 is 47.2 Å². The molecule has 1 amide bonds. The third-order valence-corrected chi connectivity index (χ3v) is 10.0. The number of sulfonamides is 2. The Kier molecular flexibility index (Phi) is 7.96. The summed E-state index contributed by atoms with van der Waals surface area (Å²) in [6, 6.07) is 7.33. The first-order chi connectivity index (χ1) is 16.0. The molecule has 2 aromatic rings. The fourth-order valence-electron chi connectivity index (χ4n) is 2.92. The third kappa shape index (κ3) is 6.33. The molecule has 0 fully saturated rings. The maximum Gasteiger partial charge on any atom is 0.270 e. The van der Waals surface area contributed by atoms with Crippen LogP contribution in [0.25, 0.3) is 0 Å². The lowest BCUT2D eigenvalue weighted by atomic mass is 10.1. The molecule has 0 aliphatic rings. The average molecular weight is 547 g/mol. The predicted molar refractivity (Wildman–Crippen MR) is 130 cm³/mol. The van der Waals surface area contributed by atoms with Crippen molar-refractivity contribution in [1.82, 2.24) is 0 Å². The first kappa shape index (κ1) is 28.2. The van der Waals surface area contributed by atoms with Crippen molar-refractivity contribution in [2.75, 3.05) is 14.8 Å². The molecule has 35 heavy (non-hydrogen) atoms. The fraction of sp³-hybridized carbons (Fsp3) is 0.190. The molecule has 14 heteroatoms. The largest absolute Gasteiger partial charge is 0.379 e. The van der Waals surface area contributed by atoms with Crippen molar-refractivity contribution in [2.45, 2.75) is 24.3 Å². The molecule has 0 saturated carbocycles. The van der Waals surface area contributed by atoms with Crippen LogP contribution in [0.3, 0.4) is 0 Å². The van der Waals surface area contributed by atoms with Gasteiger partial charge in [-0.2, -0.15) is 3.71 Å². The first-order valence-corrected chi connectivity index (χ1v) is 14.3. The molecule has 0 spiro atoms. The molecule has 0 bridgehead atoms. The molecule has 10 nitrogen and oxygen atoms in total. The molecule has 0 aromatic heterocycles. The van der Waals surface area contributed by atoms with Crippen LogP contribution in [0.4, 0.5) is 15.8 Å². The quantitative estimate of drug-likeness (QED) is 0.429. The summed E-state index contributed by atoms with van der Waals surface area (Å²) in [6.07, 6.45) is 0. The smallest absolute Gasteiger partial charge is 0.270 e. The lowest BCUT2D eigenvalue weighted by molar-refractivity contribution is -0.130. The number of anilines is 2. The van der Waals surface area contributed by atoms with Crippen LogP contribution < -0.4 is 9.03 Å². The Morgan fingerprint density at radius 1 is 1.03 bits per heavy atom. The van der Waals surface area contributed by atoms with Crippen molar-refractivity contribution in [3.05, 3.63) is 77.8 Å². The van der Waals surface area contributed by atoms with Gasteiger partial charge in [-0.15, -0.1) is 0 Å². The molecule has 2 N–H and O–H groups in total. The van der Waals surface area contributed by atoms with E-state index in [0.717, 1.165) is 43.3 Å². The Morgan fingerprint density at radius 2 is 1.54 bits per heavy atom. The summed E-state index contributed by atoms with van der Waals surface area (Å²) in [4.78, 5) is 12.3. The topological polar surface area (TPSA) is 155 Å². The molecule has 2 rings (SSSR count). The van der Waals surface area contributed by atoms with Gasteiger partial charge in [0.2, 0.25) is 0 Å². The highest BCUT2D eigenvalue weighted by Gasteiger charge is 2.37. The Balaban J connectivity index is 2.34. The zero-order valence-electron chi connectivity index (χ0n) is 18.7. The minimum Gasteiger partial charge on any atom is -0.379 e. The predicted octanol–water partition coefficient (Wildman–Crippen LogP) is 2.05. The van der Waals surface area contributed by atoms with Gasteiger partial charge in [-0.05, 0) is 61.9 Å². The molecule has 0 aliphatic heterocycles. The lowest BCUT2D eigenvalue weighted by Gasteiger charge is -2.24. The van der Waals surface area contributed by atoms with Gasteiger partial charge in [0.25, 0.3) is 26.0 Å².